The fourth-order valence-electron chi connectivity index (χ4n) is 2.00. The van der Waals surface area contributed by atoms with Crippen molar-refractivity contribution in [2.45, 2.75) is 65.5 Å². The average molecular weight is 303 g/mol. The molecule has 1 aromatic heterocycles. The van der Waals surface area contributed by atoms with Crippen LogP contribution in [-0.4, -0.2) is 20.5 Å². The third-order valence-corrected chi connectivity index (χ3v) is 4.42. The molecular weight excluding hydrogens is 280 g/mol. The van der Waals surface area contributed by atoms with E-state index in [2.05, 4.69) is 34.9 Å². The summed E-state index contributed by atoms with van der Waals surface area (Å²) in [5, 5.41) is 15.0. The third-order valence-electron chi connectivity index (χ3n) is 3.51. The molecule has 1 N–H and O–H groups in total. The molecule has 4 heteroatoms. The molecule has 98 valence electrons. The summed E-state index contributed by atoms with van der Waals surface area (Å²) in [5.74, 6) is 0. The van der Waals surface area contributed by atoms with Gasteiger partial charge in [0.15, 0.2) is 0 Å². The first-order valence-corrected chi connectivity index (χ1v) is 7.27. The van der Waals surface area contributed by atoms with Crippen molar-refractivity contribution in [2.24, 2.45) is 0 Å². The van der Waals surface area contributed by atoms with Crippen LogP contribution < -0.4 is 0 Å². The van der Waals surface area contributed by atoms with E-state index in [4.69, 9.17) is 0 Å². The van der Waals surface area contributed by atoms with Gasteiger partial charge >= 0.3 is 0 Å². The molecule has 0 bridgehead atoms. The molecule has 0 radical (unpaired) electrons. The van der Waals surface area contributed by atoms with E-state index in [1.54, 1.807) is 0 Å². The lowest BCUT2D eigenvalue weighted by molar-refractivity contribution is 0.0305. The van der Waals surface area contributed by atoms with Crippen molar-refractivity contribution in [1.82, 2.24) is 9.78 Å². The van der Waals surface area contributed by atoms with E-state index in [0.717, 1.165) is 41.7 Å². The molecule has 0 saturated carbocycles. The molecule has 1 rings (SSSR count). The predicted octanol–water partition coefficient (Wildman–Crippen LogP) is 3.32. The Hall–Kier alpha value is -0.350. The van der Waals surface area contributed by atoms with Gasteiger partial charge in [-0.15, -0.1) is 0 Å². The van der Waals surface area contributed by atoms with Crippen LogP contribution in [0.4, 0.5) is 0 Å². The topological polar surface area (TPSA) is 38.0 Å². The Labute approximate surface area is 112 Å². The van der Waals surface area contributed by atoms with Crippen molar-refractivity contribution in [2.75, 3.05) is 0 Å². The van der Waals surface area contributed by atoms with Gasteiger partial charge in [-0.25, -0.2) is 0 Å². The summed E-state index contributed by atoms with van der Waals surface area (Å²) in [6.45, 7) is 9.09. The summed E-state index contributed by atoms with van der Waals surface area (Å²) in [4.78, 5) is 0. The molecule has 0 aliphatic heterocycles. The van der Waals surface area contributed by atoms with Gasteiger partial charge in [-0.2, -0.15) is 5.10 Å². The molecular formula is C13H23BrN2O. The number of nitrogens with zero attached hydrogens (tertiary/aromatic N) is 2. The molecule has 0 atom stereocenters. The van der Waals surface area contributed by atoms with Crippen molar-refractivity contribution in [3.63, 3.8) is 0 Å². The lowest BCUT2D eigenvalue weighted by atomic mass is 9.91. The van der Waals surface area contributed by atoms with Crippen molar-refractivity contribution in [3.8, 4) is 0 Å². The molecule has 0 unspecified atom stereocenters. The summed E-state index contributed by atoms with van der Waals surface area (Å²) in [6, 6.07) is 0. The van der Waals surface area contributed by atoms with Gasteiger partial charge in [0, 0.05) is 13.0 Å². The maximum atomic E-state index is 10.4. The molecule has 3 nitrogen and oxygen atoms in total. The van der Waals surface area contributed by atoms with Crippen LogP contribution in [0.1, 0.15) is 51.9 Å². The fraction of sp³-hybridized carbons (Fsp3) is 0.769. The van der Waals surface area contributed by atoms with Crippen molar-refractivity contribution in [3.05, 3.63) is 15.9 Å². The van der Waals surface area contributed by atoms with Crippen LogP contribution in [0.2, 0.25) is 0 Å². The van der Waals surface area contributed by atoms with Crippen LogP contribution in [0.15, 0.2) is 4.47 Å². The molecule has 1 aromatic rings. The van der Waals surface area contributed by atoms with Crippen LogP contribution in [0, 0.1) is 0 Å². The second-order valence-electron chi connectivity index (χ2n) is 4.48. The number of rotatable bonds is 6. The highest BCUT2D eigenvalue weighted by atomic mass is 79.9. The van der Waals surface area contributed by atoms with E-state index in [9.17, 15) is 5.11 Å². The lowest BCUT2D eigenvalue weighted by Crippen LogP contribution is -2.30. The van der Waals surface area contributed by atoms with Crippen LogP contribution in [0.25, 0.3) is 0 Å². The highest BCUT2D eigenvalue weighted by Crippen LogP contribution is 2.28. The zero-order valence-electron chi connectivity index (χ0n) is 11.3. The van der Waals surface area contributed by atoms with Crippen molar-refractivity contribution in [1.29, 1.82) is 0 Å². The number of aromatic nitrogens is 2. The molecule has 17 heavy (non-hydrogen) atoms. The maximum Gasteiger partial charge on any atom is 0.0766 e. The van der Waals surface area contributed by atoms with Gasteiger partial charge in [-0.05, 0) is 42.1 Å². The molecule has 0 aromatic carbocycles. The van der Waals surface area contributed by atoms with E-state index >= 15 is 0 Å². The first-order valence-electron chi connectivity index (χ1n) is 6.47. The SMILES string of the molecule is CCc1nn(CC)c(CC(O)(CC)CC)c1Br. The van der Waals surface area contributed by atoms with Crippen LogP contribution in [0.5, 0.6) is 0 Å². The molecule has 0 spiro atoms. The summed E-state index contributed by atoms with van der Waals surface area (Å²) in [5.41, 5.74) is 1.59. The number of aryl methyl sites for hydroxylation is 2. The number of hydrogen-bond donors (Lipinski definition) is 1. The first-order chi connectivity index (χ1) is 8.01. The minimum Gasteiger partial charge on any atom is -0.390 e. The standard InChI is InChI=1S/C13H23BrN2O/c1-5-10-12(14)11(16(8-4)15-10)9-13(17,6-2)7-3/h17H,5-9H2,1-4H3. The van der Waals surface area contributed by atoms with E-state index in [1.165, 1.54) is 0 Å². The summed E-state index contributed by atoms with van der Waals surface area (Å²) in [7, 11) is 0. The number of hydrogen-bond acceptors (Lipinski definition) is 2. The second kappa shape index (κ2) is 6.01. The zero-order chi connectivity index (χ0) is 13.1. The monoisotopic (exact) mass is 302 g/mol. The zero-order valence-corrected chi connectivity index (χ0v) is 12.8. The van der Waals surface area contributed by atoms with Gasteiger partial charge < -0.3 is 5.11 Å². The number of aliphatic hydroxyl groups is 1. The van der Waals surface area contributed by atoms with E-state index < -0.39 is 5.60 Å². The van der Waals surface area contributed by atoms with Gasteiger partial charge in [-0.1, -0.05) is 20.8 Å². The molecule has 0 aliphatic rings. The Bertz CT molecular complexity index is 370. The van der Waals surface area contributed by atoms with Gasteiger partial charge in [-0.3, -0.25) is 4.68 Å². The van der Waals surface area contributed by atoms with Crippen molar-refractivity contribution >= 4 is 15.9 Å². The Morgan fingerprint density at radius 2 is 1.82 bits per heavy atom. The molecule has 1 heterocycles. The molecule has 0 aliphatic carbocycles. The van der Waals surface area contributed by atoms with E-state index in [0.29, 0.717) is 6.42 Å². The highest BCUT2D eigenvalue weighted by molar-refractivity contribution is 9.10. The molecule has 0 saturated heterocycles. The van der Waals surface area contributed by atoms with Crippen molar-refractivity contribution < 1.29 is 5.11 Å². The molecule has 0 amide bonds. The normalized spacial score (nSPS) is 12.1. The Balaban J connectivity index is 3.08. The van der Waals surface area contributed by atoms with Gasteiger partial charge in [0.05, 0.1) is 21.5 Å². The second-order valence-corrected chi connectivity index (χ2v) is 5.28. The van der Waals surface area contributed by atoms with Gasteiger partial charge in [0.1, 0.15) is 0 Å². The van der Waals surface area contributed by atoms with E-state index in [1.807, 2.05) is 18.5 Å². The Morgan fingerprint density at radius 1 is 1.24 bits per heavy atom. The third kappa shape index (κ3) is 3.10. The lowest BCUT2D eigenvalue weighted by Gasteiger charge is -2.25. The summed E-state index contributed by atoms with van der Waals surface area (Å²) < 4.78 is 3.07. The first kappa shape index (κ1) is 14.7. The highest BCUT2D eigenvalue weighted by Gasteiger charge is 2.27. The average Bonchev–Trinajstić information content (AvgIpc) is 2.66. The predicted molar refractivity (Wildman–Crippen MR) is 74.2 cm³/mol. The minimum atomic E-state index is -0.611. The van der Waals surface area contributed by atoms with Crippen LogP contribution in [0.3, 0.4) is 0 Å². The van der Waals surface area contributed by atoms with Crippen LogP contribution in [-0.2, 0) is 19.4 Å². The minimum absolute atomic E-state index is 0.611. The van der Waals surface area contributed by atoms with Gasteiger partial charge in [0.25, 0.3) is 0 Å². The van der Waals surface area contributed by atoms with Gasteiger partial charge in [0.2, 0.25) is 0 Å². The summed E-state index contributed by atoms with van der Waals surface area (Å²) >= 11 is 3.62. The number of halogens is 1. The smallest absolute Gasteiger partial charge is 0.0766 e. The Morgan fingerprint density at radius 3 is 2.24 bits per heavy atom. The summed E-state index contributed by atoms with van der Waals surface area (Å²) in [6.07, 6.45) is 3.12. The van der Waals surface area contributed by atoms with Crippen LogP contribution >= 0.6 is 15.9 Å². The Kier molecular flexibility index (Phi) is 5.20. The van der Waals surface area contributed by atoms with E-state index in [-0.39, 0.29) is 0 Å². The maximum absolute atomic E-state index is 10.4. The fourth-order valence-corrected chi connectivity index (χ4v) is 2.70. The quantitative estimate of drug-likeness (QED) is 0.875. The molecule has 0 fully saturated rings. The largest absolute Gasteiger partial charge is 0.390 e.